The molecule has 0 fully saturated rings. The summed E-state index contributed by atoms with van der Waals surface area (Å²) in [5, 5.41) is 13.4. The number of carbonyl (C=O) groups excluding carboxylic acids is 1. The van der Waals surface area contributed by atoms with Gasteiger partial charge in [-0.1, -0.05) is 30.3 Å². The molecule has 0 aromatic heterocycles. The van der Waals surface area contributed by atoms with Crippen LogP contribution < -0.4 is 5.32 Å². The zero-order valence-corrected chi connectivity index (χ0v) is 11.9. The number of carbonyl (C=O) groups is 2. The molecule has 0 saturated heterocycles. The fraction of sp³-hybridized carbons (Fsp3) is 0. The summed E-state index contributed by atoms with van der Waals surface area (Å²) < 4.78 is 13.2. The number of aromatic carboxylic acids is 1. The van der Waals surface area contributed by atoms with Gasteiger partial charge in [0.1, 0.15) is 5.82 Å². The molecule has 0 saturated carbocycles. The van der Waals surface area contributed by atoms with E-state index in [-0.39, 0.29) is 16.8 Å². The van der Waals surface area contributed by atoms with E-state index >= 15 is 0 Å². The lowest BCUT2D eigenvalue weighted by molar-refractivity contribution is 0.0698. The maximum Gasteiger partial charge on any atom is 0.337 e. The Morgan fingerprint density at radius 2 is 1.61 bits per heavy atom. The summed E-state index contributed by atoms with van der Waals surface area (Å²) in [4.78, 5) is 23.6. The first kappa shape index (κ1) is 14.7. The third-order valence-electron chi connectivity index (χ3n) is 3.45. The van der Waals surface area contributed by atoms with Crippen molar-refractivity contribution in [3.8, 4) is 0 Å². The number of benzene rings is 3. The SMILES string of the molecule is O=C(Nc1cc2ccccc2cc1C(=O)O)c1cccc(F)c1. The molecule has 0 unspecified atom stereocenters. The maximum atomic E-state index is 13.2. The molecule has 1 amide bonds. The molecule has 0 radical (unpaired) electrons. The Labute approximate surface area is 131 Å². The predicted molar refractivity (Wildman–Crippen MR) is 85.3 cm³/mol. The van der Waals surface area contributed by atoms with E-state index in [0.29, 0.717) is 0 Å². The molecule has 5 heteroatoms. The van der Waals surface area contributed by atoms with Gasteiger partial charge < -0.3 is 10.4 Å². The molecule has 114 valence electrons. The van der Waals surface area contributed by atoms with E-state index in [4.69, 9.17) is 0 Å². The van der Waals surface area contributed by atoms with Gasteiger partial charge in [-0.05, 0) is 41.1 Å². The van der Waals surface area contributed by atoms with Crippen LogP contribution in [0, 0.1) is 5.82 Å². The molecule has 2 N–H and O–H groups in total. The number of fused-ring (bicyclic) bond motifs is 1. The Bertz CT molecular complexity index is 921. The van der Waals surface area contributed by atoms with E-state index in [2.05, 4.69) is 5.32 Å². The largest absolute Gasteiger partial charge is 0.478 e. The maximum absolute atomic E-state index is 13.2. The van der Waals surface area contributed by atoms with Crippen LogP contribution in [-0.2, 0) is 0 Å². The van der Waals surface area contributed by atoms with Gasteiger partial charge in [-0.2, -0.15) is 0 Å². The van der Waals surface area contributed by atoms with Gasteiger partial charge in [0, 0.05) is 5.56 Å². The van der Waals surface area contributed by atoms with Gasteiger partial charge in [0.25, 0.3) is 5.91 Å². The molecule has 0 aliphatic rings. The van der Waals surface area contributed by atoms with Crippen molar-refractivity contribution in [2.24, 2.45) is 0 Å². The highest BCUT2D eigenvalue weighted by Gasteiger charge is 2.15. The minimum atomic E-state index is -1.15. The van der Waals surface area contributed by atoms with Crippen molar-refractivity contribution in [3.63, 3.8) is 0 Å². The Morgan fingerprint density at radius 3 is 2.26 bits per heavy atom. The van der Waals surface area contributed by atoms with Crippen molar-refractivity contribution in [1.29, 1.82) is 0 Å². The highest BCUT2D eigenvalue weighted by molar-refractivity contribution is 6.10. The minimum Gasteiger partial charge on any atom is -0.478 e. The topological polar surface area (TPSA) is 66.4 Å². The molecule has 4 nitrogen and oxygen atoms in total. The Balaban J connectivity index is 2.03. The van der Waals surface area contributed by atoms with E-state index in [1.54, 1.807) is 18.2 Å². The first-order chi connectivity index (χ1) is 11.0. The minimum absolute atomic E-state index is 0.0200. The summed E-state index contributed by atoms with van der Waals surface area (Å²) in [6.07, 6.45) is 0. The van der Waals surface area contributed by atoms with E-state index in [9.17, 15) is 19.1 Å². The van der Waals surface area contributed by atoms with Gasteiger partial charge in [-0.3, -0.25) is 4.79 Å². The monoisotopic (exact) mass is 309 g/mol. The lowest BCUT2D eigenvalue weighted by atomic mass is 10.0. The highest BCUT2D eigenvalue weighted by Crippen LogP contribution is 2.25. The van der Waals surface area contributed by atoms with Crippen LogP contribution in [0.4, 0.5) is 10.1 Å². The van der Waals surface area contributed by atoms with Crippen molar-refractivity contribution < 1.29 is 19.1 Å². The third-order valence-corrected chi connectivity index (χ3v) is 3.45. The number of rotatable bonds is 3. The van der Waals surface area contributed by atoms with Crippen molar-refractivity contribution in [3.05, 3.63) is 77.6 Å². The summed E-state index contributed by atoms with van der Waals surface area (Å²) >= 11 is 0. The number of anilines is 1. The van der Waals surface area contributed by atoms with Crippen LogP contribution >= 0.6 is 0 Å². The van der Waals surface area contributed by atoms with E-state index < -0.39 is 17.7 Å². The van der Waals surface area contributed by atoms with Gasteiger partial charge in [0.05, 0.1) is 11.3 Å². The predicted octanol–water partition coefficient (Wildman–Crippen LogP) is 3.93. The molecule has 3 aromatic carbocycles. The fourth-order valence-corrected chi connectivity index (χ4v) is 2.34. The molecule has 0 spiro atoms. The Hall–Kier alpha value is -3.21. The molecule has 0 atom stereocenters. The average molecular weight is 309 g/mol. The van der Waals surface area contributed by atoms with Crippen LogP contribution in [0.15, 0.2) is 60.7 Å². The quantitative estimate of drug-likeness (QED) is 0.770. The van der Waals surface area contributed by atoms with Crippen LogP contribution in [0.25, 0.3) is 10.8 Å². The summed E-state index contributed by atoms with van der Waals surface area (Å²) in [6.45, 7) is 0. The Morgan fingerprint density at radius 1 is 0.913 bits per heavy atom. The van der Waals surface area contributed by atoms with Gasteiger partial charge in [-0.15, -0.1) is 0 Å². The fourth-order valence-electron chi connectivity index (χ4n) is 2.34. The second-order valence-corrected chi connectivity index (χ2v) is 5.01. The molecule has 0 aliphatic heterocycles. The van der Waals surface area contributed by atoms with Crippen LogP contribution in [-0.4, -0.2) is 17.0 Å². The third kappa shape index (κ3) is 3.03. The molecular formula is C18H12FNO3. The standard InChI is InChI=1S/C18H12FNO3/c19-14-7-3-6-13(8-14)17(21)20-16-10-12-5-2-1-4-11(12)9-15(16)18(22)23/h1-10H,(H,20,21)(H,22,23). The van der Waals surface area contributed by atoms with E-state index in [1.165, 1.54) is 24.3 Å². The van der Waals surface area contributed by atoms with Crippen LogP contribution in [0.1, 0.15) is 20.7 Å². The molecular weight excluding hydrogens is 297 g/mol. The number of nitrogens with one attached hydrogen (secondary N) is 1. The Kier molecular flexibility index (Phi) is 3.76. The normalized spacial score (nSPS) is 10.5. The zero-order valence-electron chi connectivity index (χ0n) is 11.9. The van der Waals surface area contributed by atoms with Crippen LogP contribution in [0.3, 0.4) is 0 Å². The lowest BCUT2D eigenvalue weighted by Gasteiger charge is -2.10. The lowest BCUT2D eigenvalue weighted by Crippen LogP contribution is -2.15. The van der Waals surface area contributed by atoms with Gasteiger partial charge in [0.2, 0.25) is 0 Å². The highest BCUT2D eigenvalue weighted by atomic mass is 19.1. The first-order valence-corrected chi connectivity index (χ1v) is 6.87. The van der Waals surface area contributed by atoms with Crippen molar-refractivity contribution in [2.75, 3.05) is 5.32 Å². The van der Waals surface area contributed by atoms with Gasteiger partial charge in [0.15, 0.2) is 0 Å². The number of hydrogen-bond acceptors (Lipinski definition) is 2. The first-order valence-electron chi connectivity index (χ1n) is 6.87. The molecule has 23 heavy (non-hydrogen) atoms. The number of hydrogen-bond donors (Lipinski definition) is 2. The average Bonchev–Trinajstić information content (AvgIpc) is 2.54. The summed E-state index contributed by atoms with van der Waals surface area (Å²) in [5.74, 6) is -2.25. The van der Waals surface area contributed by atoms with Crippen LogP contribution in [0.5, 0.6) is 0 Å². The molecule has 0 aliphatic carbocycles. The number of carboxylic acids is 1. The zero-order chi connectivity index (χ0) is 16.4. The summed E-state index contributed by atoms with van der Waals surface area (Å²) in [7, 11) is 0. The van der Waals surface area contributed by atoms with Crippen molar-refractivity contribution in [1.82, 2.24) is 0 Å². The second kappa shape index (κ2) is 5.88. The molecule has 3 rings (SSSR count). The smallest absolute Gasteiger partial charge is 0.337 e. The van der Waals surface area contributed by atoms with E-state index in [1.807, 2.05) is 12.1 Å². The second-order valence-electron chi connectivity index (χ2n) is 5.01. The number of amides is 1. The van der Waals surface area contributed by atoms with Gasteiger partial charge in [-0.25, -0.2) is 9.18 Å². The number of halogens is 1. The summed E-state index contributed by atoms with van der Waals surface area (Å²) in [5.41, 5.74) is 0.272. The molecule has 0 bridgehead atoms. The van der Waals surface area contributed by atoms with Crippen molar-refractivity contribution in [2.45, 2.75) is 0 Å². The number of carboxylic acid groups (broad SMARTS) is 1. The summed E-state index contributed by atoms with van der Waals surface area (Å²) in [6, 6.07) is 15.5. The molecule has 0 heterocycles. The van der Waals surface area contributed by atoms with Gasteiger partial charge >= 0.3 is 5.97 Å². The van der Waals surface area contributed by atoms with Crippen LogP contribution in [0.2, 0.25) is 0 Å². The van der Waals surface area contributed by atoms with E-state index in [0.717, 1.165) is 16.8 Å². The van der Waals surface area contributed by atoms with Crippen molar-refractivity contribution >= 4 is 28.3 Å². The molecule has 3 aromatic rings.